The zero-order valence-corrected chi connectivity index (χ0v) is 21.1. The SMILES string of the molecule is O=C(NCc1ncn2ccc(Cl)c(F)c12)c1cn(Cc2cn3cc(C4CC4)cc(Cc4nnco4)c3n2)nn1. The van der Waals surface area contributed by atoms with Crippen LogP contribution in [0.2, 0.25) is 5.02 Å². The molecule has 0 atom stereocenters. The van der Waals surface area contributed by atoms with Gasteiger partial charge in [0.1, 0.15) is 11.2 Å². The van der Waals surface area contributed by atoms with Crippen LogP contribution in [-0.2, 0) is 19.5 Å². The van der Waals surface area contributed by atoms with Crippen molar-refractivity contribution in [3.05, 3.63) is 94.6 Å². The number of carbonyl (C=O) groups excluding carboxylic acids is 1. The number of nitrogens with zero attached hydrogens (tertiary/aromatic N) is 9. The second kappa shape index (κ2) is 9.27. The average Bonchev–Trinajstić information content (AvgIpc) is 3.30. The van der Waals surface area contributed by atoms with Gasteiger partial charge in [-0.1, -0.05) is 16.8 Å². The molecule has 12 nitrogen and oxygen atoms in total. The van der Waals surface area contributed by atoms with E-state index in [1.54, 1.807) is 10.9 Å². The highest BCUT2D eigenvalue weighted by molar-refractivity contribution is 6.31. The summed E-state index contributed by atoms with van der Waals surface area (Å²) < 4.78 is 24.9. The number of hydrogen-bond acceptors (Lipinski definition) is 8. The first-order chi connectivity index (χ1) is 19.0. The predicted molar refractivity (Wildman–Crippen MR) is 135 cm³/mol. The van der Waals surface area contributed by atoms with Crippen LogP contribution in [0.1, 0.15) is 57.7 Å². The number of rotatable bonds is 8. The minimum Gasteiger partial charge on any atom is -0.428 e. The van der Waals surface area contributed by atoms with Gasteiger partial charge in [0, 0.05) is 24.2 Å². The van der Waals surface area contributed by atoms with Gasteiger partial charge in [-0.2, -0.15) is 0 Å². The van der Waals surface area contributed by atoms with Gasteiger partial charge in [0.2, 0.25) is 12.3 Å². The molecule has 0 unspecified atom stereocenters. The van der Waals surface area contributed by atoms with E-state index in [-0.39, 0.29) is 22.8 Å². The number of pyridine rings is 2. The minimum atomic E-state index is -0.594. The Kier molecular flexibility index (Phi) is 5.58. The van der Waals surface area contributed by atoms with Gasteiger partial charge in [-0.15, -0.1) is 15.3 Å². The Morgan fingerprint density at radius 2 is 2.10 bits per heavy atom. The highest BCUT2D eigenvalue weighted by Crippen LogP contribution is 2.40. The summed E-state index contributed by atoms with van der Waals surface area (Å²) in [6, 6.07) is 3.60. The standard InChI is InChI=1S/C25H20ClFN10O2/c26-18-3-4-35-12-29-19(23(35)22(18)27)7-28-25(38)20-11-37(34-32-20)10-17-9-36-8-16(14-1-2-14)5-15(24(36)31-17)6-21-33-30-13-39-21/h3-5,8-9,11-14H,1-2,6-7,10H2,(H,28,38). The molecule has 1 aliphatic carbocycles. The normalized spacial score (nSPS) is 13.5. The average molecular weight is 547 g/mol. The molecule has 14 heteroatoms. The van der Waals surface area contributed by atoms with Crippen molar-refractivity contribution in [2.75, 3.05) is 0 Å². The molecule has 6 heterocycles. The van der Waals surface area contributed by atoms with Gasteiger partial charge in [-0.05, 0) is 36.5 Å². The Labute approximate surface area is 224 Å². The molecule has 0 spiro atoms. The Hall–Kier alpha value is -4.65. The second-order valence-corrected chi connectivity index (χ2v) is 9.86. The van der Waals surface area contributed by atoms with Crippen molar-refractivity contribution in [2.24, 2.45) is 0 Å². The third kappa shape index (κ3) is 4.50. The maximum absolute atomic E-state index is 14.5. The predicted octanol–water partition coefficient (Wildman–Crippen LogP) is 3.20. The lowest BCUT2D eigenvalue weighted by Crippen LogP contribution is -2.23. The van der Waals surface area contributed by atoms with Gasteiger partial charge in [0.15, 0.2) is 11.5 Å². The molecular formula is C25H20ClFN10O2. The van der Waals surface area contributed by atoms with E-state index in [1.807, 2.05) is 10.6 Å². The molecule has 39 heavy (non-hydrogen) atoms. The van der Waals surface area contributed by atoms with E-state index in [0.29, 0.717) is 30.5 Å². The maximum Gasteiger partial charge on any atom is 0.273 e. The van der Waals surface area contributed by atoms with Gasteiger partial charge in [0.25, 0.3) is 5.91 Å². The molecule has 0 radical (unpaired) electrons. The summed E-state index contributed by atoms with van der Waals surface area (Å²) in [6.45, 7) is 0.314. The van der Waals surface area contributed by atoms with Crippen molar-refractivity contribution in [3.8, 4) is 0 Å². The Bertz CT molecular complexity index is 1840. The summed E-state index contributed by atoms with van der Waals surface area (Å²) in [5.41, 5.74) is 4.48. The van der Waals surface area contributed by atoms with Crippen molar-refractivity contribution in [2.45, 2.75) is 38.3 Å². The summed E-state index contributed by atoms with van der Waals surface area (Å²) in [5.74, 6) is 0.0296. The van der Waals surface area contributed by atoms with E-state index in [0.717, 1.165) is 16.9 Å². The fourth-order valence-corrected chi connectivity index (χ4v) is 4.79. The van der Waals surface area contributed by atoms with E-state index in [2.05, 4.69) is 43.1 Å². The lowest BCUT2D eigenvalue weighted by atomic mass is 10.1. The second-order valence-electron chi connectivity index (χ2n) is 9.45. The molecular weight excluding hydrogens is 527 g/mol. The maximum atomic E-state index is 14.5. The molecule has 1 N–H and O–H groups in total. The number of aromatic nitrogens is 9. The molecule has 6 aromatic rings. The molecule has 6 aromatic heterocycles. The molecule has 1 amide bonds. The van der Waals surface area contributed by atoms with Gasteiger partial charge >= 0.3 is 0 Å². The molecule has 0 aromatic carbocycles. The summed E-state index contributed by atoms with van der Waals surface area (Å²) in [5, 5.41) is 18.6. The third-order valence-corrected chi connectivity index (χ3v) is 6.97. The summed E-state index contributed by atoms with van der Waals surface area (Å²) in [4.78, 5) is 21.7. The zero-order chi connectivity index (χ0) is 26.5. The minimum absolute atomic E-state index is 0.00194. The highest BCUT2D eigenvalue weighted by Gasteiger charge is 2.25. The van der Waals surface area contributed by atoms with Crippen LogP contribution in [0.15, 0.2) is 54.1 Å². The van der Waals surface area contributed by atoms with Gasteiger partial charge < -0.3 is 18.5 Å². The Morgan fingerprint density at radius 3 is 2.92 bits per heavy atom. The highest BCUT2D eigenvalue weighted by atomic mass is 35.5. The van der Waals surface area contributed by atoms with Crippen LogP contribution in [0.3, 0.4) is 0 Å². The number of carbonyl (C=O) groups is 1. The summed E-state index contributed by atoms with van der Waals surface area (Å²) >= 11 is 5.89. The van der Waals surface area contributed by atoms with Gasteiger partial charge in [-0.25, -0.2) is 19.0 Å². The number of fused-ring (bicyclic) bond motifs is 2. The van der Waals surface area contributed by atoms with Crippen LogP contribution in [0.5, 0.6) is 0 Å². The number of nitrogens with one attached hydrogen (secondary N) is 1. The number of halogens is 2. The van der Waals surface area contributed by atoms with E-state index in [4.69, 9.17) is 21.0 Å². The molecule has 1 aliphatic rings. The van der Waals surface area contributed by atoms with Gasteiger partial charge in [0.05, 0.1) is 48.4 Å². The number of amides is 1. The number of imidazole rings is 2. The first-order valence-corrected chi connectivity index (χ1v) is 12.6. The number of hydrogen-bond donors (Lipinski definition) is 1. The quantitative estimate of drug-likeness (QED) is 0.308. The van der Waals surface area contributed by atoms with Crippen molar-refractivity contribution < 1.29 is 13.6 Å². The molecule has 1 fully saturated rings. The largest absolute Gasteiger partial charge is 0.428 e. The lowest BCUT2D eigenvalue weighted by Gasteiger charge is -2.05. The van der Waals surface area contributed by atoms with E-state index < -0.39 is 11.7 Å². The topological polar surface area (TPSA) is 133 Å². The first kappa shape index (κ1) is 23.5. The molecule has 0 saturated heterocycles. The van der Waals surface area contributed by atoms with E-state index in [1.165, 1.54) is 47.8 Å². The van der Waals surface area contributed by atoms with E-state index in [9.17, 15) is 9.18 Å². The first-order valence-electron chi connectivity index (χ1n) is 12.2. The fourth-order valence-electron chi connectivity index (χ4n) is 4.64. The zero-order valence-electron chi connectivity index (χ0n) is 20.3. The Morgan fingerprint density at radius 1 is 1.21 bits per heavy atom. The van der Waals surface area contributed by atoms with Crippen molar-refractivity contribution in [1.29, 1.82) is 0 Å². The van der Waals surface area contributed by atoms with Gasteiger partial charge in [-0.3, -0.25) is 4.79 Å². The fraction of sp³-hybridized carbons (Fsp3) is 0.240. The van der Waals surface area contributed by atoms with E-state index >= 15 is 0 Å². The smallest absolute Gasteiger partial charge is 0.273 e. The van der Waals surface area contributed by atoms with Crippen LogP contribution < -0.4 is 5.32 Å². The molecule has 196 valence electrons. The lowest BCUT2D eigenvalue weighted by molar-refractivity contribution is 0.0945. The summed E-state index contributed by atoms with van der Waals surface area (Å²) in [6.07, 6.45) is 12.8. The summed E-state index contributed by atoms with van der Waals surface area (Å²) in [7, 11) is 0. The molecule has 7 rings (SSSR count). The van der Waals surface area contributed by atoms with Crippen LogP contribution in [0, 0.1) is 5.82 Å². The van der Waals surface area contributed by atoms with Crippen molar-refractivity contribution in [3.63, 3.8) is 0 Å². The Balaban J connectivity index is 1.08. The van der Waals surface area contributed by atoms with Crippen LogP contribution in [0.4, 0.5) is 4.39 Å². The van der Waals surface area contributed by atoms with Crippen LogP contribution in [-0.4, -0.2) is 49.9 Å². The molecule has 0 aliphatic heterocycles. The molecule has 1 saturated carbocycles. The van der Waals surface area contributed by atoms with Crippen LogP contribution in [0.25, 0.3) is 11.2 Å². The van der Waals surface area contributed by atoms with Crippen molar-refractivity contribution >= 4 is 28.7 Å². The molecule has 0 bridgehead atoms. The van der Waals surface area contributed by atoms with Crippen LogP contribution >= 0.6 is 11.6 Å². The van der Waals surface area contributed by atoms with Crippen molar-refractivity contribution in [1.82, 2.24) is 49.3 Å². The monoisotopic (exact) mass is 546 g/mol. The third-order valence-electron chi connectivity index (χ3n) is 6.67.